The number of rotatable bonds is 4. The summed E-state index contributed by atoms with van der Waals surface area (Å²) in [6.07, 6.45) is 6.31. The van der Waals surface area contributed by atoms with Gasteiger partial charge in [0.1, 0.15) is 0 Å². The van der Waals surface area contributed by atoms with Gasteiger partial charge in [-0.25, -0.2) is 0 Å². The van der Waals surface area contributed by atoms with Crippen LogP contribution in [0.5, 0.6) is 0 Å². The first-order valence-electron chi connectivity index (χ1n) is 8.87. The standard InChI is InChI=1S/C18H27N3O2/c1-2-16(10-19-5-1)11-21-14-18(15-21)4-3-17(13-23-18)12-20-6-8-22-9-7-20/h1-2,5,10,17H,3-4,6-9,11-15H2/t17-/m1/s1. The number of ether oxygens (including phenoxy) is 2. The van der Waals surface area contributed by atoms with Crippen LogP contribution in [-0.2, 0) is 16.0 Å². The Balaban J connectivity index is 1.20. The lowest BCUT2D eigenvalue weighted by Gasteiger charge is -2.53. The molecule has 4 rings (SSSR count). The zero-order valence-electron chi connectivity index (χ0n) is 13.8. The minimum Gasteiger partial charge on any atom is -0.379 e. The van der Waals surface area contributed by atoms with E-state index < -0.39 is 0 Å². The molecule has 0 saturated carbocycles. The molecule has 23 heavy (non-hydrogen) atoms. The Morgan fingerprint density at radius 3 is 2.78 bits per heavy atom. The van der Waals surface area contributed by atoms with E-state index in [1.54, 1.807) is 0 Å². The van der Waals surface area contributed by atoms with Gasteiger partial charge in [0.15, 0.2) is 0 Å². The molecule has 3 saturated heterocycles. The predicted octanol–water partition coefficient (Wildman–Crippen LogP) is 1.39. The Morgan fingerprint density at radius 1 is 1.22 bits per heavy atom. The molecule has 0 N–H and O–H groups in total. The zero-order valence-corrected chi connectivity index (χ0v) is 13.8. The molecular weight excluding hydrogens is 290 g/mol. The third-order valence-corrected chi connectivity index (χ3v) is 5.41. The van der Waals surface area contributed by atoms with Gasteiger partial charge in [-0.1, -0.05) is 6.07 Å². The fourth-order valence-corrected chi connectivity index (χ4v) is 4.09. The second kappa shape index (κ2) is 6.85. The van der Waals surface area contributed by atoms with Gasteiger partial charge in [0.2, 0.25) is 0 Å². The SMILES string of the molecule is c1cncc(CN2CC3(CC[C@H](CN4CCOCC4)CO3)C2)c1. The molecule has 1 aromatic rings. The number of morpholine rings is 1. The van der Waals surface area contributed by atoms with Crippen LogP contribution in [0.15, 0.2) is 24.5 Å². The highest BCUT2D eigenvalue weighted by Gasteiger charge is 2.46. The quantitative estimate of drug-likeness (QED) is 0.839. The highest BCUT2D eigenvalue weighted by molar-refractivity contribution is 5.11. The molecule has 0 aromatic carbocycles. The zero-order chi connectivity index (χ0) is 15.5. The molecule has 1 aromatic heterocycles. The molecule has 3 fully saturated rings. The van der Waals surface area contributed by atoms with Gasteiger partial charge in [-0.05, 0) is 30.4 Å². The largest absolute Gasteiger partial charge is 0.379 e. The molecule has 126 valence electrons. The van der Waals surface area contributed by atoms with Crippen LogP contribution >= 0.6 is 0 Å². The van der Waals surface area contributed by atoms with E-state index in [1.807, 2.05) is 18.5 Å². The molecule has 0 unspecified atom stereocenters. The summed E-state index contributed by atoms with van der Waals surface area (Å²) in [6, 6.07) is 4.16. The van der Waals surface area contributed by atoms with E-state index in [4.69, 9.17) is 9.47 Å². The van der Waals surface area contributed by atoms with Gasteiger partial charge >= 0.3 is 0 Å². The first kappa shape index (κ1) is 15.5. The van der Waals surface area contributed by atoms with Crippen LogP contribution in [-0.4, -0.2) is 72.9 Å². The minimum absolute atomic E-state index is 0.143. The highest BCUT2D eigenvalue weighted by Crippen LogP contribution is 2.36. The lowest BCUT2D eigenvalue weighted by Crippen LogP contribution is -2.64. The highest BCUT2D eigenvalue weighted by atomic mass is 16.5. The molecular formula is C18H27N3O2. The van der Waals surface area contributed by atoms with Gasteiger partial charge < -0.3 is 9.47 Å². The number of likely N-dealkylation sites (tertiary alicyclic amines) is 1. The van der Waals surface area contributed by atoms with E-state index in [0.717, 1.165) is 52.5 Å². The third kappa shape index (κ3) is 3.74. The topological polar surface area (TPSA) is 37.8 Å². The summed E-state index contributed by atoms with van der Waals surface area (Å²) >= 11 is 0. The van der Waals surface area contributed by atoms with E-state index in [1.165, 1.54) is 24.9 Å². The predicted molar refractivity (Wildman–Crippen MR) is 88.2 cm³/mol. The van der Waals surface area contributed by atoms with Crippen LogP contribution < -0.4 is 0 Å². The molecule has 3 aliphatic heterocycles. The van der Waals surface area contributed by atoms with Gasteiger partial charge in [0, 0.05) is 51.7 Å². The van der Waals surface area contributed by atoms with Crippen LogP contribution in [0.1, 0.15) is 18.4 Å². The Morgan fingerprint density at radius 2 is 2.09 bits per heavy atom. The van der Waals surface area contributed by atoms with Crippen LogP contribution in [0.25, 0.3) is 0 Å². The van der Waals surface area contributed by atoms with Crippen molar-refractivity contribution in [3.63, 3.8) is 0 Å². The number of hydrogen-bond donors (Lipinski definition) is 0. The third-order valence-electron chi connectivity index (χ3n) is 5.41. The van der Waals surface area contributed by atoms with Crippen molar-refractivity contribution >= 4 is 0 Å². The number of aromatic nitrogens is 1. The van der Waals surface area contributed by atoms with Crippen molar-refractivity contribution in [1.82, 2.24) is 14.8 Å². The second-order valence-corrected chi connectivity index (χ2v) is 7.32. The van der Waals surface area contributed by atoms with Gasteiger partial charge in [0.25, 0.3) is 0 Å². The van der Waals surface area contributed by atoms with Crippen molar-refractivity contribution in [2.75, 3.05) is 52.5 Å². The molecule has 1 atom stereocenters. The van der Waals surface area contributed by atoms with Gasteiger partial charge in [0.05, 0.1) is 25.4 Å². The number of hydrogen-bond acceptors (Lipinski definition) is 5. The van der Waals surface area contributed by atoms with Crippen molar-refractivity contribution in [2.24, 2.45) is 5.92 Å². The molecule has 0 bridgehead atoms. The van der Waals surface area contributed by atoms with Crippen LogP contribution in [0.4, 0.5) is 0 Å². The summed E-state index contributed by atoms with van der Waals surface area (Å²) in [4.78, 5) is 9.20. The summed E-state index contributed by atoms with van der Waals surface area (Å²) in [5.74, 6) is 0.700. The smallest absolute Gasteiger partial charge is 0.0935 e. The molecule has 0 radical (unpaired) electrons. The minimum atomic E-state index is 0.143. The molecule has 0 amide bonds. The maximum atomic E-state index is 6.31. The van der Waals surface area contributed by atoms with Crippen molar-refractivity contribution in [2.45, 2.75) is 25.0 Å². The first-order chi connectivity index (χ1) is 11.3. The fraction of sp³-hybridized carbons (Fsp3) is 0.722. The van der Waals surface area contributed by atoms with E-state index in [2.05, 4.69) is 20.9 Å². The maximum absolute atomic E-state index is 6.31. The molecule has 1 spiro atoms. The van der Waals surface area contributed by atoms with Crippen LogP contribution in [0.2, 0.25) is 0 Å². The summed E-state index contributed by atoms with van der Waals surface area (Å²) in [5.41, 5.74) is 1.44. The molecule has 5 heteroatoms. The fourth-order valence-electron chi connectivity index (χ4n) is 4.09. The molecule has 3 aliphatic rings. The van der Waals surface area contributed by atoms with Crippen LogP contribution in [0, 0.1) is 5.92 Å². The van der Waals surface area contributed by atoms with Crippen molar-refractivity contribution in [3.05, 3.63) is 30.1 Å². The average molecular weight is 317 g/mol. The Kier molecular flexibility index (Phi) is 4.62. The van der Waals surface area contributed by atoms with Crippen molar-refractivity contribution < 1.29 is 9.47 Å². The first-order valence-corrected chi connectivity index (χ1v) is 8.87. The van der Waals surface area contributed by atoms with Crippen molar-refractivity contribution in [1.29, 1.82) is 0 Å². The van der Waals surface area contributed by atoms with E-state index >= 15 is 0 Å². The monoisotopic (exact) mass is 317 g/mol. The summed E-state index contributed by atoms with van der Waals surface area (Å²) < 4.78 is 11.7. The second-order valence-electron chi connectivity index (χ2n) is 7.32. The normalized spacial score (nSPS) is 28.6. The van der Waals surface area contributed by atoms with Crippen molar-refractivity contribution in [3.8, 4) is 0 Å². The van der Waals surface area contributed by atoms with E-state index in [9.17, 15) is 0 Å². The summed E-state index contributed by atoms with van der Waals surface area (Å²) in [7, 11) is 0. The Hall–Kier alpha value is -1.01. The molecule has 5 nitrogen and oxygen atoms in total. The van der Waals surface area contributed by atoms with E-state index in [0.29, 0.717) is 5.92 Å². The van der Waals surface area contributed by atoms with Crippen LogP contribution in [0.3, 0.4) is 0 Å². The number of pyridine rings is 1. The Bertz CT molecular complexity index is 488. The lowest BCUT2D eigenvalue weighted by atomic mass is 9.82. The lowest BCUT2D eigenvalue weighted by molar-refractivity contribution is -0.184. The molecule has 0 aliphatic carbocycles. The van der Waals surface area contributed by atoms with Gasteiger partial charge in [-0.2, -0.15) is 0 Å². The average Bonchev–Trinajstić information content (AvgIpc) is 2.57. The number of nitrogens with zero attached hydrogens (tertiary/aromatic N) is 3. The summed E-state index contributed by atoms with van der Waals surface area (Å²) in [5, 5.41) is 0. The van der Waals surface area contributed by atoms with Gasteiger partial charge in [-0.3, -0.25) is 14.8 Å². The summed E-state index contributed by atoms with van der Waals surface area (Å²) in [6.45, 7) is 9.20. The van der Waals surface area contributed by atoms with Gasteiger partial charge in [-0.15, -0.1) is 0 Å². The molecule has 4 heterocycles. The van der Waals surface area contributed by atoms with E-state index in [-0.39, 0.29) is 5.60 Å². The Labute approximate surface area is 138 Å². The maximum Gasteiger partial charge on any atom is 0.0935 e.